The van der Waals surface area contributed by atoms with Gasteiger partial charge in [-0.25, -0.2) is 23.1 Å². The van der Waals surface area contributed by atoms with E-state index in [1.165, 1.54) is 63.3 Å². The van der Waals surface area contributed by atoms with Crippen LogP contribution >= 0.6 is 0 Å². The van der Waals surface area contributed by atoms with Crippen LogP contribution in [-0.4, -0.2) is 31.6 Å². The highest BCUT2D eigenvalue weighted by Crippen LogP contribution is 2.21. The Hall–Kier alpha value is -2.74. The number of pyridine rings is 1. The van der Waals surface area contributed by atoms with E-state index >= 15 is 0 Å². The second-order valence-corrected chi connectivity index (χ2v) is 10.3. The zero-order valence-electron chi connectivity index (χ0n) is 19.2. The Labute approximate surface area is 197 Å². The minimum Gasteiger partial charge on any atom is -0.271 e. The van der Waals surface area contributed by atoms with Crippen LogP contribution in [0.15, 0.2) is 64.7 Å². The van der Waals surface area contributed by atoms with Gasteiger partial charge in [0.05, 0.1) is 4.90 Å². The van der Waals surface area contributed by atoms with Crippen LogP contribution in [-0.2, 0) is 14.8 Å². The van der Waals surface area contributed by atoms with Gasteiger partial charge in [-0.3, -0.25) is 4.79 Å². The first-order valence-corrected chi connectivity index (χ1v) is 13.3. The quantitative estimate of drug-likeness (QED) is 0.598. The summed E-state index contributed by atoms with van der Waals surface area (Å²) in [6.07, 6.45) is 14.1. The number of hydrogen-bond acceptors (Lipinski definition) is 5. The fraction of sp³-hybridized carbons (Fsp3) is 0.480. The summed E-state index contributed by atoms with van der Waals surface area (Å²) in [7, 11) is -3.96. The highest BCUT2D eigenvalue weighted by Gasteiger charge is 2.27. The maximum atomic E-state index is 13.3. The lowest BCUT2D eigenvalue weighted by Gasteiger charge is -2.22. The molecule has 1 aliphatic rings. The average Bonchev–Trinajstić information content (AvgIpc) is 2.83. The van der Waals surface area contributed by atoms with Gasteiger partial charge in [-0.05, 0) is 49.9 Å². The molecule has 3 rings (SSSR count). The number of carbonyl (C=O) groups excluding carboxylic acids is 1. The number of hydrogen-bond donors (Lipinski definition) is 1. The van der Waals surface area contributed by atoms with Gasteiger partial charge < -0.3 is 0 Å². The number of sulfonamides is 1. The predicted molar refractivity (Wildman–Crippen MR) is 132 cm³/mol. The Morgan fingerprint density at radius 3 is 2.00 bits per heavy atom. The normalized spacial score (nSPS) is 16.2. The Kier molecular flexibility index (Phi) is 9.87. The molecule has 1 saturated carbocycles. The van der Waals surface area contributed by atoms with Gasteiger partial charge in [0, 0.05) is 11.9 Å². The van der Waals surface area contributed by atoms with Crippen molar-refractivity contribution in [3.63, 3.8) is 0 Å². The molecular weight excluding hydrogens is 436 g/mol. The van der Waals surface area contributed by atoms with Crippen LogP contribution < -0.4 is 9.73 Å². The molecule has 0 radical (unpaired) electrons. The number of benzene rings is 1. The van der Waals surface area contributed by atoms with Crippen molar-refractivity contribution in [2.45, 2.75) is 75.5 Å². The van der Waals surface area contributed by atoms with Gasteiger partial charge in [0.1, 0.15) is 12.4 Å². The summed E-state index contributed by atoms with van der Waals surface area (Å²) in [4.78, 5) is 17.0. The minimum absolute atomic E-state index is 0.106. The molecule has 1 fully saturated rings. The van der Waals surface area contributed by atoms with Crippen LogP contribution in [0.3, 0.4) is 0 Å². The van der Waals surface area contributed by atoms with E-state index in [9.17, 15) is 13.2 Å². The summed E-state index contributed by atoms with van der Waals surface area (Å²) in [6.45, 7) is -0.398. The number of amides is 1. The van der Waals surface area contributed by atoms with E-state index in [-0.39, 0.29) is 10.7 Å². The van der Waals surface area contributed by atoms with E-state index in [0.717, 1.165) is 35.7 Å². The largest absolute Gasteiger partial charge is 0.271 e. The fourth-order valence-corrected chi connectivity index (χ4v) is 5.35. The van der Waals surface area contributed by atoms with E-state index < -0.39 is 22.5 Å². The van der Waals surface area contributed by atoms with Crippen LogP contribution in [0.4, 0.5) is 5.82 Å². The van der Waals surface area contributed by atoms with Gasteiger partial charge in [0.2, 0.25) is 0 Å². The molecule has 33 heavy (non-hydrogen) atoms. The molecule has 8 heteroatoms. The molecule has 0 saturated heterocycles. The lowest BCUT2D eigenvalue weighted by molar-refractivity contribution is -0.119. The standard InChI is InChI=1S/C25H34N4O3S/c30-25(28-27-22-15-9-6-4-2-1-3-5-7-10-16-22)21-29(24-19-13-14-20-26-24)33(31,32)23-17-11-8-12-18-23/h8,11-14,17-20H,1-7,9-10,15-16,21H2,(H,28,30). The average molecular weight is 471 g/mol. The first-order valence-electron chi connectivity index (χ1n) is 11.9. The third-order valence-electron chi connectivity index (χ3n) is 5.79. The van der Waals surface area contributed by atoms with Crippen LogP contribution in [0.5, 0.6) is 0 Å². The lowest BCUT2D eigenvalue weighted by Crippen LogP contribution is -2.40. The molecule has 7 nitrogen and oxygen atoms in total. The van der Waals surface area contributed by atoms with Gasteiger partial charge in [0.15, 0.2) is 0 Å². The molecule has 0 atom stereocenters. The van der Waals surface area contributed by atoms with Gasteiger partial charge in [0.25, 0.3) is 15.9 Å². The Bertz CT molecular complexity index is 981. The van der Waals surface area contributed by atoms with E-state index in [4.69, 9.17) is 0 Å². The van der Waals surface area contributed by atoms with Crippen molar-refractivity contribution in [3.05, 3.63) is 54.7 Å². The molecule has 0 bridgehead atoms. The Morgan fingerprint density at radius 1 is 0.848 bits per heavy atom. The first kappa shape index (κ1) is 24.9. The number of anilines is 1. The van der Waals surface area contributed by atoms with Crippen LogP contribution in [0, 0.1) is 0 Å². The molecule has 1 aromatic heterocycles. The number of carbonyl (C=O) groups is 1. The highest BCUT2D eigenvalue weighted by atomic mass is 32.2. The predicted octanol–water partition coefficient (Wildman–Crippen LogP) is 5.05. The van der Waals surface area contributed by atoms with E-state index in [2.05, 4.69) is 15.5 Å². The van der Waals surface area contributed by atoms with E-state index in [0.29, 0.717) is 0 Å². The summed E-state index contributed by atoms with van der Waals surface area (Å²) in [5, 5.41) is 4.39. The molecule has 0 unspecified atom stereocenters. The number of hydrazone groups is 1. The molecule has 0 spiro atoms. The summed E-state index contributed by atoms with van der Waals surface area (Å²) in [6, 6.07) is 13.0. The second kappa shape index (κ2) is 13.1. The van der Waals surface area contributed by atoms with Gasteiger partial charge in [-0.2, -0.15) is 5.10 Å². The van der Waals surface area contributed by atoms with Gasteiger partial charge in [-0.15, -0.1) is 0 Å². The topological polar surface area (TPSA) is 91.7 Å². The van der Waals surface area contributed by atoms with Crippen molar-refractivity contribution in [2.24, 2.45) is 5.10 Å². The minimum atomic E-state index is -3.96. The molecule has 2 aromatic rings. The van der Waals surface area contributed by atoms with Crippen molar-refractivity contribution in [1.82, 2.24) is 10.4 Å². The molecule has 1 aliphatic carbocycles. The van der Waals surface area contributed by atoms with E-state index in [1.807, 2.05) is 0 Å². The molecule has 1 aromatic carbocycles. The SMILES string of the molecule is O=C(CN(c1ccccn1)S(=O)(=O)c1ccccc1)NN=C1CCCCCCCCCCC1. The molecule has 0 aliphatic heterocycles. The maximum Gasteiger partial charge on any atom is 0.265 e. The third kappa shape index (κ3) is 7.96. The van der Waals surface area contributed by atoms with Crippen LogP contribution in [0.25, 0.3) is 0 Å². The third-order valence-corrected chi connectivity index (χ3v) is 7.56. The lowest BCUT2D eigenvalue weighted by atomic mass is 10.00. The number of aromatic nitrogens is 1. The Balaban J connectivity index is 1.71. The smallest absolute Gasteiger partial charge is 0.265 e. The number of rotatable bonds is 6. The zero-order chi connectivity index (χ0) is 23.4. The first-order chi connectivity index (χ1) is 16.1. The van der Waals surface area contributed by atoms with Crippen molar-refractivity contribution < 1.29 is 13.2 Å². The molecule has 178 valence electrons. The summed E-state index contributed by atoms with van der Waals surface area (Å²) in [5.74, 6) is -0.297. The number of nitrogens with zero attached hydrogens (tertiary/aromatic N) is 3. The number of nitrogens with one attached hydrogen (secondary N) is 1. The maximum absolute atomic E-state index is 13.3. The zero-order valence-corrected chi connectivity index (χ0v) is 20.0. The van der Waals surface area contributed by atoms with Crippen molar-refractivity contribution in [2.75, 3.05) is 10.8 Å². The Morgan fingerprint density at radius 2 is 1.42 bits per heavy atom. The second-order valence-electron chi connectivity index (χ2n) is 8.41. The monoisotopic (exact) mass is 470 g/mol. The highest BCUT2D eigenvalue weighted by molar-refractivity contribution is 7.92. The molecular formula is C25H34N4O3S. The molecule has 1 N–H and O–H groups in total. The van der Waals surface area contributed by atoms with Crippen LogP contribution in [0.1, 0.15) is 70.6 Å². The van der Waals surface area contributed by atoms with Crippen molar-refractivity contribution in [3.8, 4) is 0 Å². The van der Waals surface area contributed by atoms with Gasteiger partial charge in [-0.1, -0.05) is 69.2 Å². The fourth-order valence-electron chi connectivity index (χ4n) is 3.95. The summed E-state index contributed by atoms with van der Waals surface area (Å²) < 4.78 is 27.5. The molecule has 1 amide bonds. The van der Waals surface area contributed by atoms with Gasteiger partial charge >= 0.3 is 0 Å². The summed E-state index contributed by atoms with van der Waals surface area (Å²) >= 11 is 0. The van der Waals surface area contributed by atoms with E-state index in [1.54, 1.807) is 36.4 Å². The summed E-state index contributed by atoms with van der Waals surface area (Å²) in [5.41, 5.74) is 3.59. The molecule has 1 heterocycles. The van der Waals surface area contributed by atoms with Crippen molar-refractivity contribution in [1.29, 1.82) is 0 Å². The van der Waals surface area contributed by atoms with Crippen molar-refractivity contribution >= 4 is 27.5 Å². The van der Waals surface area contributed by atoms with Crippen LogP contribution in [0.2, 0.25) is 0 Å².